The lowest BCUT2D eigenvalue weighted by atomic mass is 10.1. The van der Waals surface area contributed by atoms with Gasteiger partial charge in [-0.25, -0.2) is 4.99 Å². The summed E-state index contributed by atoms with van der Waals surface area (Å²) in [5.74, 6) is 0.622. The molecule has 1 fully saturated rings. The number of nitrogens with two attached hydrogens (primary N) is 1. The van der Waals surface area contributed by atoms with Gasteiger partial charge in [-0.1, -0.05) is 30.3 Å². The van der Waals surface area contributed by atoms with Crippen LogP contribution in [0.5, 0.6) is 0 Å². The zero-order chi connectivity index (χ0) is 17.1. The molecule has 0 atom stereocenters. The zero-order valence-electron chi connectivity index (χ0n) is 14.1. The summed E-state index contributed by atoms with van der Waals surface area (Å²) in [5.41, 5.74) is 10.5. The highest BCUT2D eigenvalue weighted by atomic mass is 16.5. The van der Waals surface area contributed by atoms with E-state index in [4.69, 9.17) is 10.5 Å². The van der Waals surface area contributed by atoms with Crippen molar-refractivity contribution in [1.29, 1.82) is 0 Å². The minimum absolute atomic E-state index is 0.595. The molecule has 0 spiro atoms. The summed E-state index contributed by atoms with van der Waals surface area (Å²) in [4.78, 5) is 8.93. The number of benzene rings is 2. The number of amidine groups is 1. The Balaban J connectivity index is 1.69. The molecule has 0 saturated carbocycles. The Hall–Kier alpha value is -2.79. The van der Waals surface area contributed by atoms with E-state index in [0.717, 1.165) is 43.3 Å². The second-order valence-corrected chi connectivity index (χ2v) is 6.21. The highest BCUT2D eigenvalue weighted by Crippen LogP contribution is 2.30. The number of hydrogen-bond donors (Lipinski definition) is 1. The predicted molar refractivity (Wildman–Crippen MR) is 103 cm³/mol. The molecule has 2 aromatic rings. The fourth-order valence-electron chi connectivity index (χ4n) is 3.25. The summed E-state index contributed by atoms with van der Waals surface area (Å²) in [6.45, 7) is 4.01. The highest BCUT2D eigenvalue weighted by molar-refractivity contribution is 5.95. The molecule has 0 unspecified atom stereocenters. The first-order chi connectivity index (χ1) is 12.3. The average Bonchev–Trinajstić information content (AvgIpc) is 2.69. The van der Waals surface area contributed by atoms with Gasteiger partial charge >= 0.3 is 0 Å². The van der Waals surface area contributed by atoms with Crippen LogP contribution in [0.2, 0.25) is 0 Å². The van der Waals surface area contributed by atoms with Crippen LogP contribution in [0.25, 0.3) is 5.70 Å². The third-order valence-electron chi connectivity index (χ3n) is 4.55. The van der Waals surface area contributed by atoms with E-state index in [9.17, 15) is 0 Å². The van der Waals surface area contributed by atoms with Gasteiger partial charge in [-0.05, 0) is 24.3 Å². The Kier molecular flexibility index (Phi) is 4.39. The normalized spacial score (nSPS) is 17.9. The van der Waals surface area contributed by atoms with Crippen molar-refractivity contribution in [3.8, 4) is 0 Å². The van der Waals surface area contributed by atoms with Crippen LogP contribution < -0.4 is 15.5 Å². The molecule has 2 aliphatic heterocycles. The molecular formula is C20H22N4O. The first kappa shape index (κ1) is 15.7. The third-order valence-corrected chi connectivity index (χ3v) is 4.55. The molecule has 2 heterocycles. The van der Waals surface area contributed by atoms with Gasteiger partial charge < -0.3 is 20.3 Å². The summed E-state index contributed by atoms with van der Waals surface area (Å²) in [6, 6.07) is 18.9. The smallest absolute Gasteiger partial charge is 0.119 e. The quantitative estimate of drug-likeness (QED) is 0.938. The van der Waals surface area contributed by atoms with Crippen molar-refractivity contribution in [3.05, 3.63) is 66.4 Å². The molecule has 2 aromatic carbocycles. The molecule has 2 aliphatic rings. The molecule has 0 amide bonds. The number of hydrogen-bond acceptors (Lipinski definition) is 5. The second-order valence-electron chi connectivity index (χ2n) is 6.21. The second kappa shape index (κ2) is 6.99. The average molecular weight is 334 g/mol. The fourth-order valence-corrected chi connectivity index (χ4v) is 3.25. The van der Waals surface area contributed by atoms with E-state index in [1.165, 1.54) is 5.69 Å². The van der Waals surface area contributed by atoms with Gasteiger partial charge in [0.05, 0.1) is 31.7 Å². The molecule has 0 bridgehead atoms. The molecule has 0 radical (unpaired) electrons. The van der Waals surface area contributed by atoms with Crippen LogP contribution in [-0.4, -0.2) is 38.7 Å². The van der Waals surface area contributed by atoms with Crippen LogP contribution in [0.1, 0.15) is 5.56 Å². The third kappa shape index (κ3) is 3.37. The lowest BCUT2D eigenvalue weighted by Crippen LogP contribution is -2.36. The summed E-state index contributed by atoms with van der Waals surface area (Å²) in [5, 5.41) is 0. The highest BCUT2D eigenvalue weighted by Gasteiger charge is 2.20. The van der Waals surface area contributed by atoms with Gasteiger partial charge in [0.25, 0.3) is 0 Å². The minimum Gasteiger partial charge on any atom is -0.386 e. The van der Waals surface area contributed by atoms with Crippen molar-refractivity contribution in [2.45, 2.75) is 0 Å². The van der Waals surface area contributed by atoms with Gasteiger partial charge in [0.1, 0.15) is 5.84 Å². The lowest BCUT2D eigenvalue weighted by Gasteiger charge is -2.31. The maximum atomic E-state index is 5.99. The number of para-hydroxylation sites is 1. The maximum absolute atomic E-state index is 5.99. The van der Waals surface area contributed by atoms with E-state index >= 15 is 0 Å². The Labute approximate surface area is 148 Å². The number of morpholine rings is 1. The van der Waals surface area contributed by atoms with Crippen LogP contribution in [0.3, 0.4) is 0 Å². The van der Waals surface area contributed by atoms with E-state index in [1.807, 2.05) is 24.4 Å². The SMILES string of the molecule is NC1=NC=C(c2cccc(N3CCOCC3)c2)N(c2ccccc2)C1. The van der Waals surface area contributed by atoms with Gasteiger partial charge in [0.15, 0.2) is 0 Å². The number of rotatable bonds is 3. The van der Waals surface area contributed by atoms with Gasteiger partial charge in [-0.3, -0.25) is 0 Å². The largest absolute Gasteiger partial charge is 0.386 e. The topological polar surface area (TPSA) is 54.1 Å². The van der Waals surface area contributed by atoms with Crippen molar-refractivity contribution >= 4 is 22.9 Å². The zero-order valence-corrected chi connectivity index (χ0v) is 14.1. The van der Waals surface area contributed by atoms with E-state index in [1.54, 1.807) is 0 Å². The summed E-state index contributed by atoms with van der Waals surface area (Å²) in [6.07, 6.45) is 1.87. The van der Waals surface area contributed by atoms with E-state index in [-0.39, 0.29) is 0 Å². The molecule has 4 rings (SSSR count). The molecule has 25 heavy (non-hydrogen) atoms. The Morgan fingerprint density at radius 3 is 2.48 bits per heavy atom. The lowest BCUT2D eigenvalue weighted by molar-refractivity contribution is 0.122. The molecule has 128 valence electrons. The molecule has 0 aromatic heterocycles. The number of anilines is 2. The summed E-state index contributed by atoms with van der Waals surface area (Å²) >= 11 is 0. The minimum atomic E-state index is 0.595. The van der Waals surface area contributed by atoms with Crippen LogP contribution >= 0.6 is 0 Å². The Morgan fingerprint density at radius 1 is 0.920 bits per heavy atom. The molecular weight excluding hydrogens is 312 g/mol. The van der Waals surface area contributed by atoms with Gasteiger partial charge in [0, 0.05) is 30.0 Å². The van der Waals surface area contributed by atoms with Crippen LogP contribution in [0.15, 0.2) is 65.8 Å². The molecule has 2 N–H and O–H groups in total. The van der Waals surface area contributed by atoms with E-state index in [0.29, 0.717) is 12.4 Å². The number of aliphatic imine (C=N–C) groups is 1. The first-order valence-corrected chi connectivity index (χ1v) is 8.59. The standard InChI is InChI=1S/C20H22N4O/c21-20-15-24(17-6-2-1-3-7-17)19(14-22-20)16-5-4-8-18(13-16)23-9-11-25-12-10-23/h1-8,13-14H,9-12,15H2,(H2,21,22). The van der Waals surface area contributed by atoms with Crippen molar-refractivity contribution in [3.63, 3.8) is 0 Å². The molecule has 1 saturated heterocycles. The molecule has 0 aliphatic carbocycles. The van der Waals surface area contributed by atoms with Gasteiger partial charge in [-0.15, -0.1) is 0 Å². The van der Waals surface area contributed by atoms with Crippen molar-refractivity contribution in [1.82, 2.24) is 0 Å². The monoisotopic (exact) mass is 334 g/mol. The van der Waals surface area contributed by atoms with Crippen LogP contribution in [-0.2, 0) is 4.74 Å². The maximum Gasteiger partial charge on any atom is 0.119 e. The predicted octanol–water partition coefficient (Wildman–Crippen LogP) is 2.70. The van der Waals surface area contributed by atoms with E-state index < -0.39 is 0 Å². The summed E-state index contributed by atoms with van der Waals surface area (Å²) < 4.78 is 5.46. The molecule has 5 nitrogen and oxygen atoms in total. The summed E-state index contributed by atoms with van der Waals surface area (Å²) in [7, 11) is 0. The number of ether oxygens (including phenoxy) is 1. The van der Waals surface area contributed by atoms with Crippen molar-refractivity contribution < 1.29 is 4.74 Å². The number of nitrogens with zero attached hydrogens (tertiary/aromatic N) is 3. The van der Waals surface area contributed by atoms with Gasteiger partial charge in [0.2, 0.25) is 0 Å². The Morgan fingerprint density at radius 2 is 1.68 bits per heavy atom. The first-order valence-electron chi connectivity index (χ1n) is 8.59. The van der Waals surface area contributed by atoms with Crippen molar-refractivity contribution in [2.75, 3.05) is 42.6 Å². The van der Waals surface area contributed by atoms with Crippen molar-refractivity contribution in [2.24, 2.45) is 10.7 Å². The van der Waals surface area contributed by atoms with E-state index in [2.05, 4.69) is 51.2 Å². The van der Waals surface area contributed by atoms with Gasteiger partial charge in [-0.2, -0.15) is 0 Å². The fraction of sp³-hybridized carbons (Fsp3) is 0.250. The van der Waals surface area contributed by atoms with Crippen LogP contribution in [0, 0.1) is 0 Å². The Bertz CT molecular complexity index is 794. The molecule has 5 heteroatoms. The van der Waals surface area contributed by atoms with Crippen LogP contribution in [0.4, 0.5) is 11.4 Å².